The van der Waals surface area contributed by atoms with Gasteiger partial charge in [-0.05, 0) is 65.8 Å². The summed E-state index contributed by atoms with van der Waals surface area (Å²) in [5.74, 6) is -0.972. The summed E-state index contributed by atoms with van der Waals surface area (Å²) in [6, 6.07) is 21.5. The van der Waals surface area contributed by atoms with Crippen molar-refractivity contribution in [1.82, 2.24) is 18.5 Å². The number of aliphatic carboxylic acids is 1. The van der Waals surface area contributed by atoms with Gasteiger partial charge in [0.2, 0.25) is 0 Å². The minimum Gasteiger partial charge on any atom is -0.497 e. The molecule has 0 radical (unpaired) electrons. The Balaban J connectivity index is 1.46. The molecule has 2 unspecified atom stereocenters. The highest BCUT2D eigenvalue weighted by atomic mass is 32.2. The number of carbonyl (C=O) groups excluding carboxylic acids is 1. The van der Waals surface area contributed by atoms with Crippen molar-refractivity contribution in [3.8, 4) is 17.0 Å². The van der Waals surface area contributed by atoms with Crippen molar-refractivity contribution in [3.05, 3.63) is 89.0 Å². The van der Waals surface area contributed by atoms with Crippen molar-refractivity contribution in [2.75, 3.05) is 34.3 Å². The molecule has 0 bridgehead atoms. The predicted octanol–water partition coefficient (Wildman–Crippen LogP) is 5.58. The molecule has 0 spiro atoms. The van der Waals surface area contributed by atoms with E-state index in [-0.39, 0.29) is 23.9 Å². The van der Waals surface area contributed by atoms with Gasteiger partial charge in [0.25, 0.3) is 5.91 Å². The van der Waals surface area contributed by atoms with Gasteiger partial charge in [-0.25, -0.2) is 4.72 Å². The van der Waals surface area contributed by atoms with Crippen LogP contribution in [0.1, 0.15) is 71.0 Å². The van der Waals surface area contributed by atoms with Gasteiger partial charge in [-0.15, -0.1) is 0 Å². The maximum absolute atomic E-state index is 13.7. The predicted molar refractivity (Wildman–Crippen MR) is 184 cm³/mol. The van der Waals surface area contributed by atoms with Crippen LogP contribution in [0.5, 0.6) is 5.75 Å². The highest BCUT2D eigenvalue weighted by Crippen LogP contribution is 2.55. The topological polar surface area (TPSA) is 121 Å². The fraction of sp³-hybridized carbons (Fsp3) is 0.405. The van der Waals surface area contributed by atoms with Crippen molar-refractivity contribution >= 4 is 33.0 Å². The highest BCUT2D eigenvalue weighted by Gasteiger charge is 2.56. The van der Waals surface area contributed by atoms with E-state index in [0.717, 1.165) is 63.3 Å². The smallest absolute Gasteiger partial charge is 0.313 e. The van der Waals surface area contributed by atoms with E-state index >= 15 is 0 Å². The molecule has 252 valence electrons. The first-order chi connectivity index (χ1) is 23.0. The zero-order valence-electron chi connectivity index (χ0n) is 27.6. The van der Waals surface area contributed by atoms with E-state index in [2.05, 4.69) is 32.4 Å². The molecule has 4 aromatic rings. The number of fused-ring (bicyclic) bond motifs is 7. The molecule has 1 amide bonds. The van der Waals surface area contributed by atoms with E-state index in [1.165, 1.54) is 26.1 Å². The van der Waals surface area contributed by atoms with Gasteiger partial charge in [-0.1, -0.05) is 55.7 Å². The zero-order chi connectivity index (χ0) is 33.8. The molecular weight excluding hydrogens is 628 g/mol. The van der Waals surface area contributed by atoms with Crippen LogP contribution in [0.3, 0.4) is 0 Å². The molecule has 3 aromatic carbocycles. The normalized spacial score (nSPS) is 21.4. The number of likely N-dealkylation sites (tertiary alicyclic amines) is 1. The summed E-state index contributed by atoms with van der Waals surface area (Å²) in [5.41, 5.74) is 5.01. The second kappa shape index (κ2) is 12.4. The summed E-state index contributed by atoms with van der Waals surface area (Å²) in [5, 5.41) is 12.2. The van der Waals surface area contributed by atoms with Crippen LogP contribution in [0.4, 0.5) is 0 Å². The van der Waals surface area contributed by atoms with Crippen molar-refractivity contribution in [2.24, 2.45) is 5.41 Å². The molecule has 1 saturated heterocycles. The van der Waals surface area contributed by atoms with Crippen molar-refractivity contribution in [1.29, 1.82) is 0 Å². The van der Waals surface area contributed by atoms with Gasteiger partial charge in [0, 0.05) is 68.2 Å². The lowest BCUT2D eigenvalue weighted by atomic mass is 9.73. The second-order valence-electron chi connectivity index (χ2n) is 13.8. The number of carbonyl (C=O) groups is 2. The van der Waals surface area contributed by atoms with Crippen LogP contribution in [0, 0.1) is 5.41 Å². The molecule has 2 atom stereocenters. The van der Waals surface area contributed by atoms with E-state index < -0.39 is 27.5 Å². The monoisotopic (exact) mass is 670 g/mol. The van der Waals surface area contributed by atoms with Gasteiger partial charge >= 0.3 is 16.2 Å². The number of carboxylic acids is 1. The Kier molecular flexibility index (Phi) is 8.33. The van der Waals surface area contributed by atoms with Crippen LogP contribution >= 0.6 is 0 Å². The summed E-state index contributed by atoms with van der Waals surface area (Å²) in [7, 11) is 0.339. The summed E-state index contributed by atoms with van der Waals surface area (Å²) < 4.78 is 36.1. The molecule has 2 aliphatic heterocycles. The Morgan fingerprint density at radius 1 is 1.00 bits per heavy atom. The Labute approximate surface area is 281 Å². The number of rotatable bonds is 8. The summed E-state index contributed by atoms with van der Waals surface area (Å²) in [6.07, 6.45) is 5.47. The molecule has 3 aliphatic rings. The first-order valence-corrected chi connectivity index (χ1v) is 18.0. The number of hydrogen-bond donors (Lipinski definition) is 2. The lowest BCUT2D eigenvalue weighted by Gasteiger charge is -2.30. The van der Waals surface area contributed by atoms with Crippen LogP contribution < -0.4 is 9.46 Å². The van der Waals surface area contributed by atoms with Crippen LogP contribution in [0.25, 0.3) is 22.2 Å². The first kappa shape index (κ1) is 32.4. The molecule has 10 nitrogen and oxygen atoms in total. The highest BCUT2D eigenvalue weighted by molar-refractivity contribution is 7.87. The van der Waals surface area contributed by atoms with Crippen LogP contribution in [0.15, 0.2) is 66.7 Å². The fourth-order valence-electron chi connectivity index (χ4n) is 8.31. The van der Waals surface area contributed by atoms with Crippen molar-refractivity contribution < 1.29 is 27.9 Å². The Hall–Kier alpha value is -4.19. The largest absolute Gasteiger partial charge is 0.497 e. The number of aromatic nitrogens is 1. The fourth-order valence-corrected chi connectivity index (χ4v) is 8.84. The van der Waals surface area contributed by atoms with E-state index in [1.54, 1.807) is 19.2 Å². The molecule has 1 aliphatic carbocycles. The average molecular weight is 671 g/mol. The Morgan fingerprint density at radius 3 is 2.44 bits per heavy atom. The van der Waals surface area contributed by atoms with E-state index in [1.807, 2.05) is 36.4 Å². The van der Waals surface area contributed by atoms with E-state index in [9.17, 15) is 23.1 Å². The van der Waals surface area contributed by atoms with Crippen LogP contribution in [-0.4, -0.2) is 73.5 Å². The van der Waals surface area contributed by atoms with Crippen LogP contribution in [0.2, 0.25) is 0 Å². The third kappa shape index (κ3) is 5.47. The maximum Gasteiger partial charge on any atom is 0.313 e. The zero-order valence-corrected chi connectivity index (χ0v) is 28.4. The van der Waals surface area contributed by atoms with Gasteiger partial charge in [0.1, 0.15) is 11.2 Å². The van der Waals surface area contributed by atoms with Gasteiger partial charge in [0.15, 0.2) is 0 Å². The molecule has 2 fully saturated rings. The van der Waals surface area contributed by atoms with Gasteiger partial charge in [0.05, 0.1) is 12.8 Å². The number of nitrogens with zero attached hydrogens (tertiary/aromatic N) is 3. The number of benzene rings is 3. The SMILES string of the molecule is COc1ccc2c(c1)C1CN(Cc3ccccc3)CC1(C(=O)O)Cn1c-2c(C2CCCCC2)c2ccc(C(=O)NS(=O)(=O)N(C)C)cc21. The minimum atomic E-state index is -4.01. The number of carboxylic acid groups (broad SMARTS) is 1. The quantitative estimate of drug-likeness (QED) is 0.251. The van der Waals surface area contributed by atoms with Gasteiger partial charge in [-0.2, -0.15) is 12.7 Å². The molecule has 1 aromatic heterocycles. The summed E-state index contributed by atoms with van der Waals surface area (Å²) >= 11 is 0. The number of nitrogens with one attached hydrogen (secondary N) is 1. The summed E-state index contributed by atoms with van der Waals surface area (Å²) in [4.78, 5) is 29.3. The van der Waals surface area contributed by atoms with Gasteiger partial charge < -0.3 is 14.4 Å². The molecular formula is C37H42N4O6S. The Bertz CT molecular complexity index is 2000. The third-order valence-electron chi connectivity index (χ3n) is 10.7. The molecule has 48 heavy (non-hydrogen) atoms. The van der Waals surface area contributed by atoms with E-state index in [0.29, 0.717) is 25.4 Å². The van der Waals surface area contributed by atoms with Crippen LogP contribution in [-0.2, 0) is 28.1 Å². The molecule has 11 heteroatoms. The number of methoxy groups -OCH3 is 1. The number of hydrogen-bond acceptors (Lipinski definition) is 6. The standard InChI is InChI=1S/C37H42N4O6S/c1-39(2)48(45,46)38-35(42)26-14-16-29-32(18-26)41-23-37(36(43)44)22-40(20-24-10-6-4-7-11-24)21-31(37)30-19-27(47-3)15-17-28(30)34(41)33(29)25-12-8-5-9-13-25/h4,6-7,10-11,14-19,25,31H,5,8-9,12-13,20-23H2,1-3H3,(H,38,42)(H,43,44). The minimum absolute atomic E-state index is 0.195. The average Bonchev–Trinajstić information content (AvgIpc) is 3.57. The van der Waals surface area contributed by atoms with E-state index in [4.69, 9.17) is 4.74 Å². The molecule has 1 saturated carbocycles. The Morgan fingerprint density at radius 2 is 1.75 bits per heavy atom. The summed E-state index contributed by atoms with van der Waals surface area (Å²) in [6.45, 7) is 1.74. The lowest BCUT2D eigenvalue weighted by molar-refractivity contribution is -0.150. The first-order valence-electron chi connectivity index (χ1n) is 16.6. The van der Waals surface area contributed by atoms with Gasteiger partial charge in [-0.3, -0.25) is 14.5 Å². The molecule has 2 N–H and O–H groups in total. The number of amides is 1. The number of ether oxygens (including phenoxy) is 1. The van der Waals surface area contributed by atoms with Crippen molar-refractivity contribution in [2.45, 2.75) is 57.0 Å². The molecule has 7 rings (SSSR count). The lowest BCUT2D eigenvalue weighted by Crippen LogP contribution is -2.41. The van der Waals surface area contributed by atoms with Crippen molar-refractivity contribution in [3.63, 3.8) is 0 Å². The maximum atomic E-state index is 13.7. The second-order valence-corrected chi connectivity index (χ2v) is 15.6. The molecule has 3 heterocycles. The third-order valence-corrected chi connectivity index (χ3v) is 12.1.